The number of piperidine rings is 1. The van der Waals surface area contributed by atoms with Crippen molar-refractivity contribution in [2.24, 2.45) is 0 Å². The van der Waals surface area contributed by atoms with E-state index in [4.69, 9.17) is 4.74 Å². The summed E-state index contributed by atoms with van der Waals surface area (Å²) in [6.07, 6.45) is 4.17. The molecule has 4 rings (SSSR count). The number of nitrogens with zero attached hydrogens (tertiary/aromatic N) is 3. The van der Waals surface area contributed by atoms with Crippen LogP contribution in [0.2, 0.25) is 0 Å². The maximum absolute atomic E-state index is 13.5. The van der Waals surface area contributed by atoms with Gasteiger partial charge >= 0.3 is 0 Å². The van der Waals surface area contributed by atoms with E-state index < -0.39 is 0 Å². The van der Waals surface area contributed by atoms with Crippen molar-refractivity contribution in [1.82, 2.24) is 19.8 Å². The minimum atomic E-state index is -0.234. The minimum absolute atomic E-state index is 0.143. The molecule has 0 saturated carbocycles. The molecule has 0 amide bonds. The number of likely N-dealkylation sites (tertiary alicyclic amines) is 1. The van der Waals surface area contributed by atoms with Gasteiger partial charge in [0.05, 0.1) is 31.1 Å². The van der Waals surface area contributed by atoms with Gasteiger partial charge in [-0.25, -0.2) is 9.37 Å². The van der Waals surface area contributed by atoms with Gasteiger partial charge in [0.25, 0.3) is 0 Å². The van der Waals surface area contributed by atoms with Gasteiger partial charge in [-0.05, 0) is 45.1 Å². The first-order chi connectivity index (χ1) is 12.2. The molecule has 2 aromatic rings. The Morgan fingerprint density at radius 3 is 2.88 bits per heavy atom. The molecule has 1 aromatic heterocycles. The van der Waals surface area contributed by atoms with Crippen molar-refractivity contribution in [1.29, 1.82) is 0 Å². The fourth-order valence-corrected chi connectivity index (χ4v) is 3.92. The van der Waals surface area contributed by atoms with E-state index >= 15 is 0 Å². The van der Waals surface area contributed by atoms with Gasteiger partial charge in [-0.2, -0.15) is 0 Å². The molecule has 0 bridgehead atoms. The number of hydrogen-bond donors (Lipinski definition) is 1. The molecule has 0 unspecified atom stereocenters. The van der Waals surface area contributed by atoms with Crippen LogP contribution in [0, 0.1) is 5.82 Å². The van der Waals surface area contributed by atoms with Gasteiger partial charge < -0.3 is 14.6 Å². The van der Waals surface area contributed by atoms with Crippen LogP contribution in [0.4, 0.5) is 4.39 Å². The fraction of sp³-hybridized carbons (Fsp3) is 0.526. The topological polar surface area (TPSA) is 44.4 Å². The minimum Gasteiger partial charge on any atom is -0.378 e. The monoisotopic (exact) mass is 344 g/mol. The van der Waals surface area contributed by atoms with Crippen molar-refractivity contribution in [3.05, 3.63) is 42.1 Å². The number of imidazole rings is 1. The van der Waals surface area contributed by atoms with Crippen LogP contribution in [0.15, 0.2) is 30.5 Å². The number of rotatable bonds is 3. The summed E-state index contributed by atoms with van der Waals surface area (Å²) in [5.74, 6) is 0.681. The summed E-state index contributed by atoms with van der Waals surface area (Å²) < 4.78 is 19.2. The SMILES string of the molecule is CN1CCC(N2CCOC[C@H]2c2ncc(-c3cccc(F)c3)[nH]2)CC1. The molecule has 134 valence electrons. The van der Waals surface area contributed by atoms with Crippen LogP contribution in [-0.2, 0) is 4.74 Å². The van der Waals surface area contributed by atoms with Gasteiger partial charge in [-0.15, -0.1) is 0 Å². The molecule has 2 aliphatic rings. The standard InChI is InChI=1S/C19H25FN4O/c1-23-7-5-16(6-8-23)24-9-10-25-13-18(24)19-21-12-17(22-19)14-3-2-4-15(20)11-14/h2-4,11-12,16,18H,5-10,13H2,1H3,(H,21,22)/t18-/m0/s1. The van der Waals surface area contributed by atoms with Crippen LogP contribution in [0.25, 0.3) is 11.3 Å². The third-order valence-electron chi connectivity index (χ3n) is 5.37. The van der Waals surface area contributed by atoms with Crippen molar-refractivity contribution in [2.75, 3.05) is 39.9 Å². The summed E-state index contributed by atoms with van der Waals surface area (Å²) >= 11 is 0. The number of hydrogen-bond acceptors (Lipinski definition) is 4. The largest absolute Gasteiger partial charge is 0.378 e. The van der Waals surface area contributed by atoms with Gasteiger partial charge in [-0.3, -0.25) is 4.90 Å². The van der Waals surface area contributed by atoms with Gasteiger partial charge in [0.15, 0.2) is 0 Å². The van der Waals surface area contributed by atoms with Crippen molar-refractivity contribution >= 4 is 0 Å². The summed E-state index contributed by atoms with van der Waals surface area (Å²) in [7, 11) is 2.19. The van der Waals surface area contributed by atoms with Crippen molar-refractivity contribution in [3.63, 3.8) is 0 Å². The molecule has 2 fully saturated rings. The van der Waals surface area contributed by atoms with Gasteiger partial charge in [0.1, 0.15) is 11.6 Å². The van der Waals surface area contributed by atoms with E-state index in [0.29, 0.717) is 12.6 Å². The predicted octanol–water partition coefficient (Wildman–Crippen LogP) is 2.68. The van der Waals surface area contributed by atoms with Crippen LogP contribution >= 0.6 is 0 Å². The van der Waals surface area contributed by atoms with Crippen LogP contribution in [-0.4, -0.2) is 65.7 Å². The first-order valence-corrected chi connectivity index (χ1v) is 9.03. The van der Waals surface area contributed by atoms with Gasteiger partial charge in [0, 0.05) is 18.2 Å². The predicted molar refractivity (Wildman–Crippen MR) is 94.8 cm³/mol. The Morgan fingerprint density at radius 1 is 1.24 bits per heavy atom. The highest BCUT2D eigenvalue weighted by Gasteiger charge is 2.33. The smallest absolute Gasteiger partial charge is 0.126 e. The third kappa shape index (κ3) is 3.61. The van der Waals surface area contributed by atoms with E-state index in [9.17, 15) is 4.39 Å². The van der Waals surface area contributed by atoms with Crippen LogP contribution in [0.3, 0.4) is 0 Å². The molecule has 2 saturated heterocycles. The highest BCUT2D eigenvalue weighted by atomic mass is 19.1. The molecular weight excluding hydrogens is 319 g/mol. The van der Waals surface area contributed by atoms with Crippen LogP contribution < -0.4 is 0 Å². The Bertz CT molecular complexity index is 711. The summed E-state index contributed by atoms with van der Waals surface area (Å²) in [5, 5.41) is 0. The number of aromatic nitrogens is 2. The van der Waals surface area contributed by atoms with E-state index in [-0.39, 0.29) is 11.9 Å². The Labute approximate surface area is 147 Å². The zero-order chi connectivity index (χ0) is 17.2. The average molecular weight is 344 g/mol. The first-order valence-electron chi connectivity index (χ1n) is 9.03. The number of aromatic amines is 1. The Balaban J connectivity index is 1.55. The molecule has 5 nitrogen and oxygen atoms in total. The van der Waals surface area contributed by atoms with E-state index in [1.807, 2.05) is 6.07 Å². The zero-order valence-electron chi connectivity index (χ0n) is 14.6. The van der Waals surface area contributed by atoms with Gasteiger partial charge in [0.2, 0.25) is 0 Å². The van der Waals surface area contributed by atoms with E-state index in [1.54, 1.807) is 12.3 Å². The van der Waals surface area contributed by atoms with Crippen molar-refractivity contribution < 1.29 is 9.13 Å². The lowest BCUT2D eigenvalue weighted by Crippen LogP contribution is -2.50. The highest BCUT2D eigenvalue weighted by molar-refractivity contribution is 5.58. The molecule has 25 heavy (non-hydrogen) atoms. The second-order valence-corrected chi connectivity index (χ2v) is 7.06. The fourth-order valence-electron chi connectivity index (χ4n) is 3.92. The summed E-state index contributed by atoms with van der Waals surface area (Å²) in [4.78, 5) is 12.9. The Kier molecular flexibility index (Phi) is 4.83. The number of benzene rings is 1. The second-order valence-electron chi connectivity index (χ2n) is 7.06. The quantitative estimate of drug-likeness (QED) is 0.930. The lowest BCUT2D eigenvalue weighted by atomic mass is 10.0. The maximum Gasteiger partial charge on any atom is 0.126 e. The Hall–Kier alpha value is -1.76. The molecule has 0 aliphatic carbocycles. The number of H-pyrrole nitrogens is 1. The second kappa shape index (κ2) is 7.23. The van der Waals surface area contributed by atoms with Crippen molar-refractivity contribution in [2.45, 2.75) is 24.9 Å². The molecule has 0 radical (unpaired) electrons. The lowest BCUT2D eigenvalue weighted by molar-refractivity contribution is -0.0441. The Morgan fingerprint density at radius 2 is 2.08 bits per heavy atom. The van der Waals surface area contributed by atoms with E-state index in [1.165, 1.54) is 25.0 Å². The molecule has 1 N–H and O–H groups in total. The average Bonchev–Trinajstić information content (AvgIpc) is 3.12. The summed E-state index contributed by atoms with van der Waals surface area (Å²) in [6.45, 7) is 4.65. The van der Waals surface area contributed by atoms with Crippen molar-refractivity contribution in [3.8, 4) is 11.3 Å². The van der Waals surface area contributed by atoms with Gasteiger partial charge in [-0.1, -0.05) is 12.1 Å². The molecule has 1 atom stereocenters. The first kappa shape index (κ1) is 16.7. The number of ether oxygens (including phenoxy) is 1. The number of morpholine rings is 1. The third-order valence-corrected chi connectivity index (χ3v) is 5.37. The highest BCUT2D eigenvalue weighted by Crippen LogP contribution is 2.30. The molecule has 1 aromatic carbocycles. The number of halogens is 1. The van der Waals surface area contributed by atoms with Crippen LogP contribution in [0.1, 0.15) is 24.7 Å². The molecule has 2 aliphatic heterocycles. The molecule has 0 spiro atoms. The summed E-state index contributed by atoms with van der Waals surface area (Å²) in [6, 6.07) is 7.32. The maximum atomic E-state index is 13.5. The normalized spacial score (nSPS) is 23.8. The zero-order valence-corrected chi connectivity index (χ0v) is 14.6. The summed E-state index contributed by atoms with van der Waals surface area (Å²) in [5.41, 5.74) is 1.67. The van der Waals surface area contributed by atoms with Crippen LogP contribution in [0.5, 0.6) is 0 Å². The number of nitrogens with one attached hydrogen (secondary N) is 1. The molecular formula is C19H25FN4O. The lowest BCUT2D eigenvalue weighted by Gasteiger charge is -2.43. The van der Waals surface area contributed by atoms with E-state index in [2.05, 4.69) is 26.8 Å². The van der Waals surface area contributed by atoms with E-state index in [0.717, 1.165) is 43.3 Å². The molecule has 3 heterocycles. The molecule has 6 heteroatoms.